The Labute approximate surface area is 134 Å². The first-order valence-corrected chi connectivity index (χ1v) is 8.04. The van der Waals surface area contributed by atoms with Crippen LogP contribution in [-0.2, 0) is 16.0 Å². The van der Waals surface area contributed by atoms with Gasteiger partial charge in [0.25, 0.3) is 0 Å². The van der Waals surface area contributed by atoms with Crippen molar-refractivity contribution in [2.75, 3.05) is 13.1 Å². The summed E-state index contributed by atoms with van der Waals surface area (Å²) in [5.41, 5.74) is 9.31. The van der Waals surface area contributed by atoms with Crippen molar-refractivity contribution in [3.63, 3.8) is 0 Å². The van der Waals surface area contributed by atoms with E-state index in [-0.39, 0.29) is 18.2 Å². The van der Waals surface area contributed by atoms with Gasteiger partial charge in [0.2, 0.25) is 5.91 Å². The Hall–Kier alpha value is -1.62. The molecule has 0 radical (unpaired) electrons. The number of carbonyl (C=O) groups excluding carboxylic acids is 2. The Morgan fingerprint density at radius 1 is 1.32 bits per heavy atom. The lowest BCUT2D eigenvalue weighted by molar-refractivity contribution is -0.136. The fraction of sp³-hybridized carbons (Fsp3) is 0.647. The number of hydrogen-bond donors (Lipinski definition) is 2. The molecule has 1 unspecified atom stereocenters. The summed E-state index contributed by atoms with van der Waals surface area (Å²) in [4.78, 5) is 28.3. The van der Waals surface area contributed by atoms with Crippen LogP contribution in [0.2, 0.25) is 0 Å². The zero-order valence-corrected chi connectivity index (χ0v) is 14.8. The van der Waals surface area contributed by atoms with Gasteiger partial charge in [0.1, 0.15) is 5.78 Å². The number of nitrogens with two attached hydrogens (primary N) is 1. The van der Waals surface area contributed by atoms with Crippen LogP contribution < -0.4 is 5.73 Å². The number of aryl methyl sites for hydroxylation is 1. The molecule has 0 saturated heterocycles. The summed E-state index contributed by atoms with van der Waals surface area (Å²) in [7, 11) is 0. The van der Waals surface area contributed by atoms with Crippen LogP contribution in [-0.4, -0.2) is 40.7 Å². The Kier molecular flexibility index (Phi) is 9.42. The first-order valence-electron chi connectivity index (χ1n) is 8.04. The van der Waals surface area contributed by atoms with Crippen LogP contribution in [0.5, 0.6) is 0 Å². The first-order chi connectivity index (χ1) is 10.4. The topological polar surface area (TPSA) is 79.2 Å². The van der Waals surface area contributed by atoms with Crippen LogP contribution in [0, 0.1) is 13.8 Å². The number of rotatable bonds is 7. The molecule has 1 aromatic rings. The van der Waals surface area contributed by atoms with Crippen molar-refractivity contribution < 1.29 is 9.59 Å². The molecule has 1 heterocycles. The molecule has 1 aromatic heterocycles. The van der Waals surface area contributed by atoms with Crippen LogP contribution in [0.4, 0.5) is 0 Å². The summed E-state index contributed by atoms with van der Waals surface area (Å²) in [5.74, 6) is -0.173. The molecule has 1 atom stereocenters. The Morgan fingerprint density at radius 2 is 1.91 bits per heavy atom. The quantitative estimate of drug-likeness (QED) is 0.811. The molecular weight excluding hydrogens is 278 g/mol. The number of hydrogen-bond acceptors (Lipinski definition) is 3. The number of nitrogens with one attached hydrogen (secondary N) is 1. The molecule has 5 nitrogen and oxygen atoms in total. The van der Waals surface area contributed by atoms with Gasteiger partial charge >= 0.3 is 0 Å². The highest BCUT2D eigenvalue weighted by Gasteiger charge is 2.22. The smallest absolute Gasteiger partial charge is 0.240 e. The number of carbonyl (C=O) groups is 2. The van der Waals surface area contributed by atoms with Gasteiger partial charge in [-0.15, -0.1) is 0 Å². The zero-order chi connectivity index (χ0) is 17.3. The van der Waals surface area contributed by atoms with Gasteiger partial charge in [-0.3, -0.25) is 9.59 Å². The number of H-pyrrole nitrogens is 1. The second-order valence-corrected chi connectivity index (χ2v) is 5.34. The van der Waals surface area contributed by atoms with E-state index in [0.29, 0.717) is 13.0 Å². The molecule has 0 fully saturated rings. The highest BCUT2D eigenvalue weighted by molar-refractivity contribution is 5.87. The SMILES string of the molecule is CC.CCCN(CC(C)=O)C(=O)C(N)Cc1c[nH]c(C)c1C. The summed E-state index contributed by atoms with van der Waals surface area (Å²) in [5, 5.41) is 0. The van der Waals surface area contributed by atoms with Gasteiger partial charge in [0, 0.05) is 18.4 Å². The van der Waals surface area contributed by atoms with E-state index in [9.17, 15) is 9.59 Å². The number of ketones is 1. The fourth-order valence-electron chi connectivity index (χ4n) is 2.23. The minimum absolute atomic E-state index is 0.0207. The highest BCUT2D eigenvalue weighted by Crippen LogP contribution is 2.14. The van der Waals surface area contributed by atoms with Crippen molar-refractivity contribution in [3.05, 3.63) is 23.0 Å². The lowest BCUT2D eigenvalue weighted by atomic mass is 10.0. The van der Waals surface area contributed by atoms with Gasteiger partial charge in [0.15, 0.2) is 0 Å². The van der Waals surface area contributed by atoms with Crippen LogP contribution in [0.1, 0.15) is 50.9 Å². The first kappa shape index (κ1) is 20.4. The van der Waals surface area contributed by atoms with Crippen molar-refractivity contribution in [3.8, 4) is 0 Å². The highest BCUT2D eigenvalue weighted by atomic mass is 16.2. The number of Topliss-reactive ketones (excluding diaryl/α,β-unsaturated/α-hetero) is 1. The molecule has 0 aliphatic carbocycles. The van der Waals surface area contributed by atoms with Gasteiger partial charge in [-0.05, 0) is 44.7 Å². The van der Waals surface area contributed by atoms with Crippen molar-refractivity contribution >= 4 is 11.7 Å². The third-order valence-corrected chi connectivity index (χ3v) is 3.48. The summed E-state index contributed by atoms with van der Waals surface area (Å²) >= 11 is 0. The molecule has 0 spiro atoms. The number of amides is 1. The van der Waals surface area contributed by atoms with Crippen LogP contribution in [0.25, 0.3) is 0 Å². The van der Waals surface area contributed by atoms with Gasteiger partial charge < -0.3 is 15.6 Å². The van der Waals surface area contributed by atoms with E-state index in [1.165, 1.54) is 6.92 Å². The Bertz CT molecular complexity index is 480. The van der Waals surface area contributed by atoms with E-state index in [1.807, 2.05) is 40.8 Å². The van der Waals surface area contributed by atoms with Gasteiger partial charge in [-0.1, -0.05) is 20.8 Å². The predicted molar refractivity (Wildman–Crippen MR) is 90.8 cm³/mol. The van der Waals surface area contributed by atoms with Crippen LogP contribution in [0.15, 0.2) is 6.20 Å². The van der Waals surface area contributed by atoms with Gasteiger partial charge in [-0.25, -0.2) is 0 Å². The average molecular weight is 309 g/mol. The molecule has 3 N–H and O–H groups in total. The zero-order valence-electron chi connectivity index (χ0n) is 14.8. The summed E-state index contributed by atoms with van der Waals surface area (Å²) in [6.45, 7) is 12.2. The molecule has 126 valence electrons. The van der Waals surface area contributed by atoms with Crippen molar-refractivity contribution in [2.24, 2.45) is 5.73 Å². The molecule has 0 aromatic carbocycles. The second-order valence-electron chi connectivity index (χ2n) is 5.34. The Balaban J connectivity index is 0.00000211. The fourth-order valence-corrected chi connectivity index (χ4v) is 2.23. The summed E-state index contributed by atoms with van der Waals surface area (Å²) in [6, 6.07) is -0.602. The summed E-state index contributed by atoms with van der Waals surface area (Å²) in [6.07, 6.45) is 3.20. The maximum atomic E-state index is 12.3. The van der Waals surface area contributed by atoms with E-state index < -0.39 is 6.04 Å². The van der Waals surface area contributed by atoms with E-state index in [0.717, 1.165) is 23.2 Å². The maximum absolute atomic E-state index is 12.3. The minimum Gasteiger partial charge on any atom is -0.365 e. The molecule has 1 amide bonds. The second kappa shape index (κ2) is 10.2. The molecule has 0 saturated carbocycles. The number of aromatic amines is 1. The van der Waals surface area contributed by atoms with E-state index in [1.54, 1.807) is 4.90 Å². The van der Waals surface area contributed by atoms with E-state index in [2.05, 4.69) is 4.98 Å². The third-order valence-electron chi connectivity index (χ3n) is 3.48. The van der Waals surface area contributed by atoms with Gasteiger partial charge in [0.05, 0.1) is 12.6 Å². The predicted octanol–water partition coefficient (Wildman–Crippen LogP) is 2.36. The van der Waals surface area contributed by atoms with Gasteiger partial charge in [-0.2, -0.15) is 0 Å². The van der Waals surface area contributed by atoms with Crippen molar-refractivity contribution in [1.82, 2.24) is 9.88 Å². The van der Waals surface area contributed by atoms with E-state index in [4.69, 9.17) is 5.73 Å². The largest absolute Gasteiger partial charge is 0.365 e. The lowest BCUT2D eigenvalue weighted by Gasteiger charge is -2.24. The normalized spacial score (nSPS) is 11.4. The molecule has 0 bridgehead atoms. The van der Waals surface area contributed by atoms with Crippen LogP contribution >= 0.6 is 0 Å². The number of nitrogens with zero attached hydrogens (tertiary/aromatic N) is 1. The Morgan fingerprint density at radius 3 is 2.32 bits per heavy atom. The van der Waals surface area contributed by atoms with Crippen molar-refractivity contribution in [1.29, 1.82) is 0 Å². The number of aromatic nitrogens is 1. The monoisotopic (exact) mass is 309 g/mol. The molecule has 5 heteroatoms. The minimum atomic E-state index is -0.602. The van der Waals surface area contributed by atoms with Crippen molar-refractivity contribution in [2.45, 2.75) is 60.4 Å². The maximum Gasteiger partial charge on any atom is 0.240 e. The molecule has 0 aliphatic rings. The van der Waals surface area contributed by atoms with Crippen LogP contribution in [0.3, 0.4) is 0 Å². The molecular formula is C17H31N3O2. The molecule has 1 rings (SSSR count). The molecule has 22 heavy (non-hydrogen) atoms. The van der Waals surface area contributed by atoms with E-state index >= 15 is 0 Å². The average Bonchev–Trinajstić information content (AvgIpc) is 2.79. The summed E-state index contributed by atoms with van der Waals surface area (Å²) < 4.78 is 0. The standard InChI is InChI=1S/C15H25N3O2.C2H6/c1-5-6-18(9-10(2)19)15(20)14(16)7-13-8-17-12(4)11(13)3;1-2/h8,14,17H,5-7,9,16H2,1-4H3;1-2H3. The molecule has 0 aliphatic heterocycles. The third kappa shape index (κ3) is 6.02. The lowest BCUT2D eigenvalue weighted by Crippen LogP contribution is -2.46.